The smallest absolute Gasteiger partial charge is 0.341 e. The Balaban J connectivity index is 1.90. The number of hydrogen-bond acceptors (Lipinski definition) is 5. The second-order valence-corrected chi connectivity index (χ2v) is 4.73. The van der Waals surface area contributed by atoms with Crippen molar-refractivity contribution >= 4 is 22.8 Å². The number of fused-ring (bicyclic) bond motifs is 1. The summed E-state index contributed by atoms with van der Waals surface area (Å²) in [5, 5.41) is 21.9. The van der Waals surface area contributed by atoms with Crippen LogP contribution in [-0.4, -0.2) is 26.2 Å². The van der Waals surface area contributed by atoms with Crippen molar-refractivity contribution < 1.29 is 15.0 Å². The molecule has 6 nitrogen and oxygen atoms in total. The van der Waals surface area contributed by atoms with Crippen LogP contribution in [0.15, 0.2) is 48.7 Å². The molecule has 3 N–H and O–H groups in total. The van der Waals surface area contributed by atoms with Crippen molar-refractivity contribution in [3.05, 3.63) is 59.8 Å². The molecule has 0 saturated heterocycles. The number of aromatic hydroxyl groups is 1. The summed E-state index contributed by atoms with van der Waals surface area (Å²) in [6.45, 7) is 0.588. The fourth-order valence-corrected chi connectivity index (χ4v) is 2.16. The molecule has 0 spiro atoms. The van der Waals surface area contributed by atoms with Gasteiger partial charge in [0.05, 0.1) is 11.7 Å². The molecule has 0 bridgehead atoms. The molecule has 0 amide bonds. The number of hydrogen-bond donors (Lipinski definition) is 3. The summed E-state index contributed by atoms with van der Waals surface area (Å²) in [6.07, 6.45) is 1.46. The minimum Gasteiger partial charge on any atom is -0.507 e. The van der Waals surface area contributed by atoms with E-state index in [-0.39, 0.29) is 16.8 Å². The minimum absolute atomic E-state index is 0.165. The Morgan fingerprint density at radius 2 is 1.91 bits per heavy atom. The molecule has 0 saturated carbocycles. The van der Waals surface area contributed by atoms with Crippen molar-refractivity contribution in [2.45, 2.75) is 6.54 Å². The fraction of sp³-hybridized carbons (Fsp3) is 0.0625. The van der Waals surface area contributed by atoms with Crippen LogP contribution in [-0.2, 0) is 6.54 Å². The quantitative estimate of drug-likeness (QED) is 0.685. The van der Waals surface area contributed by atoms with Gasteiger partial charge in [-0.1, -0.05) is 30.3 Å². The van der Waals surface area contributed by atoms with Gasteiger partial charge in [-0.25, -0.2) is 14.8 Å². The maximum Gasteiger partial charge on any atom is 0.341 e. The number of benzene rings is 2. The largest absolute Gasteiger partial charge is 0.507 e. The number of nitrogens with zero attached hydrogens (tertiary/aromatic N) is 2. The SMILES string of the molecule is O=C(O)c1c(O)ccc2nc(NCc3ccccc3)cnc12. The summed E-state index contributed by atoms with van der Waals surface area (Å²) in [6, 6.07) is 12.7. The maximum absolute atomic E-state index is 11.2. The van der Waals surface area contributed by atoms with Crippen LogP contribution in [0.3, 0.4) is 0 Å². The summed E-state index contributed by atoms with van der Waals surface area (Å²) in [4.78, 5) is 19.6. The molecule has 0 atom stereocenters. The molecule has 1 aromatic heterocycles. The van der Waals surface area contributed by atoms with Crippen LogP contribution in [0.4, 0.5) is 5.82 Å². The van der Waals surface area contributed by atoms with E-state index in [0.29, 0.717) is 17.9 Å². The van der Waals surface area contributed by atoms with E-state index in [1.807, 2.05) is 30.3 Å². The normalized spacial score (nSPS) is 10.5. The van der Waals surface area contributed by atoms with Crippen molar-refractivity contribution in [3.63, 3.8) is 0 Å². The predicted octanol–water partition coefficient (Wildman–Crippen LogP) is 2.65. The van der Waals surface area contributed by atoms with Crippen LogP contribution < -0.4 is 5.32 Å². The Kier molecular flexibility index (Phi) is 3.57. The first-order valence-electron chi connectivity index (χ1n) is 6.65. The highest BCUT2D eigenvalue weighted by molar-refractivity contribution is 6.03. The van der Waals surface area contributed by atoms with E-state index in [2.05, 4.69) is 15.3 Å². The van der Waals surface area contributed by atoms with E-state index < -0.39 is 5.97 Å². The van der Waals surface area contributed by atoms with Gasteiger partial charge < -0.3 is 15.5 Å². The van der Waals surface area contributed by atoms with Gasteiger partial charge in [-0.05, 0) is 17.7 Å². The number of nitrogens with one attached hydrogen (secondary N) is 1. The lowest BCUT2D eigenvalue weighted by Gasteiger charge is -2.08. The van der Waals surface area contributed by atoms with Gasteiger partial charge >= 0.3 is 5.97 Å². The number of rotatable bonds is 4. The topological polar surface area (TPSA) is 95.3 Å². The van der Waals surface area contributed by atoms with Gasteiger partial charge in [0.25, 0.3) is 0 Å². The molecule has 2 aromatic carbocycles. The molecule has 1 heterocycles. The second-order valence-electron chi connectivity index (χ2n) is 4.73. The van der Waals surface area contributed by atoms with Crippen LogP contribution in [0.1, 0.15) is 15.9 Å². The summed E-state index contributed by atoms with van der Waals surface area (Å²) in [5.74, 6) is -1.01. The van der Waals surface area contributed by atoms with E-state index in [9.17, 15) is 9.90 Å². The maximum atomic E-state index is 11.2. The van der Waals surface area contributed by atoms with Gasteiger partial charge in [0.15, 0.2) is 0 Å². The Bertz CT molecular complexity index is 835. The Labute approximate surface area is 126 Å². The first-order chi connectivity index (χ1) is 10.6. The molecule has 0 aliphatic carbocycles. The van der Waals surface area contributed by atoms with Gasteiger partial charge in [-0.15, -0.1) is 0 Å². The van der Waals surface area contributed by atoms with Crippen molar-refractivity contribution in [2.24, 2.45) is 0 Å². The summed E-state index contributed by atoms with van der Waals surface area (Å²) >= 11 is 0. The monoisotopic (exact) mass is 295 g/mol. The molecule has 0 fully saturated rings. The van der Waals surface area contributed by atoms with Crippen molar-refractivity contribution in [1.29, 1.82) is 0 Å². The molecular formula is C16H13N3O3. The molecule has 0 radical (unpaired) electrons. The lowest BCUT2D eigenvalue weighted by atomic mass is 10.1. The second kappa shape index (κ2) is 5.69. The van der Waals surface area contributed by atoms with Crippen LogP contribution in [0, 0.1) is 0 Å². The minimum atomic E-state index is -1.23. The van der Waals surface area contributed by atoms with Crippen molar-refractivity contribution in [2.75, 3.05) is 5.32 Å². The molecule has 0 aliphatic heterocycles. The number of carboxylic acid groups (broad SMARTS) is 1. The number of carbonyl (C=O) groups is 1. The lowest BCUT2D eigenvalue weighted by molar-refractivity contribution is 0.0696. The first kappa shape index (κ1) is 13.8. The first-order valence-corrected chi connectivity index (χ1v) is 6.65. The average Bonchev–Trinajstić information content (AvgIpc) is 2.53. The molecule has 22 heavy (non-hydrogen) atoms. The highest BCUT2D eigenvalue weighted by atomic mass is 16.4. The summed E-state index contributed by atoms with van der Waals surface area (Å²) < 4.78 is 0. The zero-order valence-corrected chi connectivity index (χ0v) is 11.5. The third kappa shape index (κ3) is 2.67. The van der Waals surface area contributed by atoms with Crippen molar-refractivity contribution in [1.82, 2.24) is 9.97 Å². The molecular weight excluding hydrogens is 282 g/mol. The standard InChI is InChI=1S/C16H13N3O3/c20-12-7-6-11-15(14(12)16(21)22)18-9-13(19-11)17-8-10-4-2-1-3-5-10/h1-7,9,20H,8H2,(H,17,19)(H,21,22). The zero-order valence-electron chi connectivity index (χ0n) is 11.5. The summed E-state index contributed by atoms with van der Waals surface area (Å²) in [7, 11) is 0. The third-order valence-corrected chi connectivity index (χ3v) is 3.22. The highest BCUT2D eigenvalue weighted by Gasteiger charge is 2.16. The Morgan fingerprint density at radius 3 is 2.64 bits per heavy atom. The number of aromatic carboxylic acids is 1. The zero-order chi connectivity index (χ0) is 15.5. The molecule has 0 aliphatic rings. The number of phenols is 1. The van der Waals surface area contributed by atoms with E-state index in [1.165, 1.54) is 18.3 Å². The van der Waals surface area contributed by atoms with E-state index in [4.69, 9.17) is 5.11 Å². The molecule has 3 rings (SSSR count). The van der Waals surface area contributed by atoms with Crippen molar-refractivity contribution in [3.8, 4) is 5.75 Å². The Morgan fingerprint density at radius 1 is 1.14 bits per heavy atom. The van der Waals surface area contributed by atoms with Crippen LogP contribution in [0.5, 0.6) is 5.75 Å². The van der Waals surface area contributed by atoms with Gasteiger partial charge in [0.1, 0.15) is 22.6 Å². The van der Waals surface area contributed by atoms with E-state index >= 15 is 0 Å². The Hall–Kier alpha value is -3.15. The number of carboxylic acids is 1. The lowest BCUT2D eigenvalue weighted by Crippen LogP contribution is -2.04. The highest BCUT2D eigenvalue weighted by Crippen LogP contribution is 2.25. The molecule has 6 heteroatoms. The average molecular weight is 295 g/mol. The van der Waals surface area contributed by atoms with Crippen LogP contribution in [0.2, 0.25) is 0 Å². The molecule has 0 unspecified atom stereocenters. The van der Waals surface area contributed by atoms with Crippen LogP contribution in [0.25, 0.3) is 11.0 Å². The predicted molar refractivity (Wildman–Crippen MR) is 81.9 cm³/mol. The van der Waals surface area contributed by atoms with E-state index in [1.54, 1.807) is 0 Å². The molecule has 3 aromatic rings. The van der Waals surface area contributed by atoms with Gasteiger partial charge in [-0.2, -0.15) is 0 Å². The summed E-state index contributed by atoms with van der Waals surface area (Å²) in [5.41, 5.74) is 1.44. The number of aromatic nitrogens is 2. The van der Waals surface area contributed by atoms with Gasteiger partial charge in [-0.3, -0.25) is 0 Å². The fourth-order valence-electron chi connectivity index (χ4n) is 2.16. The molecule has 110 valence electrons. The van der Waals surface area contributed by atoms with Gasteiger partial charge in [0, 0.05) is 6.54 Å². The third-order valence-electron chi connectivity index (χ3n) is 3.22. The van der Waals surface area contributed by atoms with Gasteiger partial charge in [0.2, 0.25) is 0 Å². The van der Waals surface area contributed by atoms with E-state index in [0.717, 1.165) is 5.56 Å². The number of anilines is 1. The van der Waals surface area contributed by atoms with Crippen LogP contribution >= 0.6 is 0 Å².